The zero-order chi connectivity index (χ0) is 15.9. The summed E-state index contributed by atoms with van der Waals surface area (Å²) in [5.74, 6) is -1.72. The summed E-state index contributed by atoms with van der Waals surface area (Å²) in [6.45, 7) is 0. The van der Waals surface area contributed by atoms with E-state index in [1.807, 2.05) is 0 Å². The Hall–Kier alpha value is -1.91. The first-order valence-corrected chi connectivity index (χ1v) is 4.62. The normalized spacial score (nSPS) is 13.4. The van der Waals surface area contributed by atoms with E-state index in [2.05, 4.69) is 0 Å². The second-order valence-electron chi connectivity index (χ2n) is 3.66. The van der Waals surface area contributed by atoms with Crippen LogP contribution in [0.3, 0.4) is 0 Å². The fourth-order valence-electron chi connectivity index (χ4n) is 1.38. The number of hydrogen-bond donors (Lipinski definition) is 1. The molecular weight excluding hydrogens is 303 g/mol. The Labute approximate surface area is 105 Å². The van der Waals surface area contributed by atoms with Gasteiger partial charge >= 0.3 is 12.4 Å². The third-order valence-corrected chi connectivity index (χ3v) is 2.33. The number of rotatable bonds is 2. The molecule has 0 bridgehead atoms. The number of hydrogen-bond acceptors (Lipinski definition) is 3. The third kappa shape index (κ3) is 2.53. The first kappa shape index (κ1) is 16.1. The minimum atomic E-state index is -6.24. The van der Waals surface area contributed by atoms with Gasteiger partial charge in [0.1, 0.15) is 5.82 Å². The van der Waals surface area contributed by atoms with Crippen LogP contribution in [0.25, 0.3) is 0 Å². The van der Waals surface area contributed by atoms with Crippen LogP contribution in [-0.2, 0) is 5.60 Å². The molecule has 112 valence electrons. The molecule has 1 rings (SSSR count). The number of benzene rings is 1. The molecule has 0 saturated heterocycles. The van der Waals surface area contributed by atoms with Gasteiger partial charge in [0.05, 0.1) is 11.0 Å². The Morgan fingerprint density at radius 2 is 1.45 bits per heavy atom. The van der Waals surface area contributed by atoms with Crippen LogP contribution < -0.4 is 0 Å². The number of halogens is 7. The molecule has 0 fully saturated rings. The van der Waals surface area contributed by atoms with Gasteiger partial charge in [-0.1, -0.05) is 0 Å². The largest absolute Gasteiger partial charge is 0.430 e. The molecule has 20 heavy (non-hydrogen) atoms. The van der Waals surface area contributed by atoms with Crippen molar-refractivity contribution in [3.8, 4) is 0 Å². The van der Waals surface area contributed by atoms with E-state index in [4.69, 9.17) is 5.11 Å². The number of nitrogens with zero attached hydrogens (tertiary/aromatic N) is 1. The number of nitro groups is 1. The predicted octanol–water partition coefficient (Wildman–Crippen LogP) is 3.05. The van der Waals surface area contributed by atoms with Gasteiger partial charge in [0, 0.05) is 11.6 Å². The van der Waals surface area contributed by atoms with Crippen molar-refractivity contribution in [1.82, 2.24) is 0 Å². The van der Waals surface area contributed by atoms with E-state index >= 15 is 0 Å². The van der Waals surface area contributed by atoms with E-state index in [0.717, 1.165) is 0 Å². The average molecular weight is 307 g/mol. The molecule has 1 aromatic carbocycles. The molecule has 0 aliphatic carbocycles. The summed E-state index contributed by atoms with van der Waals surface area (Å²) in [5, 5.41) is 19.3. The van der Waals surface area contributed by atoms with E-state index in [9.17, 15) is 40.8 Å². The highest BCUT2D eigenvalue weighted by molar-refractivity contribution is 5.39. The maximum atomic E-state index is 12.9. The predicted molar refractivity (Wildman–Crippen MR) is 49.1 cm³/mol. The van der Waals surface area contributed by atoms with Crippen molar-refractivity contribution < 1.29 is 40.8 Å². The van der Waals surface area contributed by atoms with Gasteiger partial charge in [-0.2, -0.15) is 26.3 Å². The van der Waals surface area contributed by atoms with Crippen LogP contribution in [0, 0.1) is 15.9 Å². The smallest absolute Gasteiger partial charge is 0.369 e. The zero-order valence-electron chi connectivity index (χ0n) is 9.09. The lowest BCUT2D eigenvalue weighted by atomic mass is 9.92. The second-order valence-corrected chi connectivity index (χ2v) is 3.66. The second kappa shape index (κ2) is 4.58. The summed E-state index contributed by atoms with van der Waals surface area (Å²) in [6, 6.07) is -0.339. The lowest BCUT2D eigenvalue weighted by Gasteiger charge is -2.32. The standard InChI is InChI=1S/C9H4F7NO3/c10-5-1-4(2-6(3-5)17(19)20)7(18,8(11,12)13)9(14,15)16/h1-3,18H. The molecule has 0 saturated carbocycles. The molecule has 1 N–H and O–H groups in total. The number of aliphatic hydroxyl groups is 1. The van der Waals surface area contributed by atoms with Gasteiger partial charge < -0.3 is 5.11 Å². The van der Waals surface area contributed by atoms with Gasteiger partial charge in [0.15, 0.2) is 0 Å². The molecule has 0 aromatic heterocycles. The molecular formula is C9H4F7NO3. The lowest BCUT2D eigenvalue weighted by Crippen LogP contribution is -2.54. The van der Waals surface area contributed by atoms with Gasteiger partial charge in [-0.25, -0.2) is 4.39 Å². The van der Waals surface area contributed by atoms with Crippen LogP contribution in [0.1, 0.15) is 5.56 Å². The summed E-state index contributed by atoms with van der Waals surface area (Å²) >= 11 is 0. The van der Waals surface area contributed by atoms with Crippen LogP contribution in [0.15, 0.2) is 18.2 Å². The van der Waals surface area contributed by atoms with Gasteiger partial charge in [0.2, 0.25) is 0 Å². The first-order chi connectivity index (χ1) is 8.80. The third-order valence-electron chi connectivity index (χ3n) is 2.33. The Balaban J connectivity index is 3.64. The molecule has 0 aliphatic heterocycles. The molecule has 0 radical (unpaired) electrons. The van der Waals surface area contributed by atoms with Crippen molar-refractivity contribution in [2.75, 3.05) is 0 Å². The van der Waals surface area contributed by atoms with Crippen molar-refractivity contribution in [2.24, 2.45) is 0 Å². The fraction of sp³-hybridized carbons (Fsp3) is 0.333. The highest BCUT2D eigenvalue weighted by Crippen LogP contribution is 2.50. The highest BCUT2D eigenvalue weighted by Gasteiger charge is 2.71. The van der Waals surface area contributed by atoms with E-state index in [1.54, 1.807) is 0 Å². The van der Waals surface area contributed by atoms with Crippen molar-refractivity contribution in [3.05, 3.63) is 39.7 Å². The summed E-state index contributed by atoms with van der Waals surface area (Å²) in [7, 11) is 0. The van der Waals surface area contributed by atoms with Crippen LogP contribution >= 0.6 is 0 Å². The maximum absolute atomic E-state index is 12.9. The quantitative estimate of drug-likeness (QED) is 0.519. The maximum Gasteiger partial charge on any atom is 0.430 e. The minimum absolute atomic E-state index is 0.122. The number of alkyl halides is 6. The van der Waals surface area contributed by atoms with Crippen LogP contribution in [-0.4, -0.2) is 22.4 Å². The first-order valence-electron chi connectivity index (χ1n) is 4.62. The molecule has 4 nitrogen and oxygen atoms in total. The van der Waals surface area contributed by atoms with Crippen LogP contribution in [0.2, 0.25) is 0 Å². The zero-order valence-corrected chi connectivity index (χ0v) is 9.09. The molecule has 0 spiro atoms. The van der Waals surface area contributed by atoms with E-state index < -0.39 is 39.9 Å². The van der Waals surface area contributed by atoms with Gasteiger partial charge in [0.25, 0.3) is 11.3 Å². The minimum Gasteiger partial charge on any atom is -0.369 e. The number of nitro benzene ring substituents is 1. The molecule has 1 aromatic rings. The topological polar surface area (TPSA) is 63.4 Å². The molecule has 0 aliphatic rings. The monoisotopic (exact) mass is 307 g/mol. The summed E-state index contributed by atoms with van der Waals surface area (Å²) in [6.07, 6.45) is -12.5. The summed E-state index contributed by atoms with van der Waals surface area (Å²) in [5.41, 5.74) is -8.79. The number of non-ortho nitro benzene ring substituents is 1. The van der Waals surface area contributed by atoms with Crippen molar-refractivity contribution in [2.45, 2.75) is 18.0 Å². The Kier molecular flexibility index (Phi) is 3.70. The van der Waals surface area contributed by atoms with Crippen molar-refractivity contribution in [3.63, 3.8) is 0 Å². The van der Waals surface area contributed by atoms with E-state index in [1.165, 1.54) is 0 Å². The average Bonchev–Trinajstić information content (AvgIpc) is 2.23. The van der Waals surface area contributed by atoms with Gasteiger partial charge in [-0.3, -0.25) is 10.1 Å². The van der Waals surface area contributed by atoms with Crippen molar-refractivity contribution in [1.29, 1.82) is 0 Å². The van der Waals surface area contributed by atoms with Crippen molar-refractivity contribution >= 4 is 5.69 Å². The highest BCUT2D eigenvalue weighted by atomic mass is 19.4. The SMILES string of the molecule is O=[N+]([O-])c1cc(F)cc(C(O)(C(F)(F)F)C(F)(F)F)c1. The molecule has 0 amide bonds. The van der Waals surface area contributed by atoms with Crippen LogP contribution in [0.5, 0.6) is 0 Å². The van der Waals surface area contributed by atoms with Gasteiger partial charge in [-0.15, -0.1) is 0 Å². The fourth-order valence-corrected chi connectivity index (χ4v) is 1.38. The van der Waals surface area contributed by atoms with E-state index in [-0.39, 0.29) is 18.2 Å². The molecule has 11 heteroatoms. The van der Waals surface area contributed by atoms with E-state index in [0.29, 0.717) is 0 Å². The lowest BCUT2D eigenvalue weighted by molar-refractivity contribution is -0.387. The summed E-state index contributed by atoms with van der Waals surface area (Å²) < 4.78 is 87.9. The molecule has 0 atom stereocenters. The van der Waals surface area contributed by atoms with Gasteiger partial charge in [-0.05, 0) is 6.07 Å². The van der Waals surface area contributed by atoms with Crippen LogP contribution in [0.4, 0.5) is 36.4 Å². The Morgan fingerprint density at radius 3 is 1.80 bits per heavy atom. The molecule has 0 unspecified atom stereocenters. The Morgan fingerprint density at radius 1 is 1.00 bits per heavy atom. The Bertz CT molecular complexity index is 523. The summed E-state index contributed by atoms with van der Waals surface area (Å²) in [4.78, 5) is 8.94. The molecule has 0 heterocycles.